The fourth-order valence-electron chi connectivity index (χ4n) is 8.43. The van der Waals surface area contributed by atoms with Gasteiger partial charge >= 0.3 is 0 Å². The van der Waals surface area contributed by atoms with E-state index in [1.54, 1.807) is 0 Å². The minimum Gasteiger partial charge on any atom is -0.227 e. The molecule has 3 heterocycles. The highest BCUT2D eigenvalue weighted by Gasteiger charge is 2.34. The minimum atomic E-state index is -0.180. The Bertz CT molecular complexity index is 3150. The molecule has 0 aliphatic heterocycles. The van der Waals surface area contributed by atoms with Crippen LogP contribution in [0.15, 0.2) is 133 Å². The molecule has 48 heavy (non-hydrogen) atoms. The molecule has 0 amide bonds. The zero-order valence-corrected chi connectivity index (χ0v) is 27.3. The van der Waals surface area contributed by atoms with Crippen molar-refractivity contribution in [3.05, 3.63) is 145 Å². The van der Waals surface area contributed by atoms with E-state index >= 15 is 0 Å². The molecule has 0 fully saturated rings. The summed E-state index contributed by atoms with van der Waals surface area (Å²) in [5.74, 6) is 0. The second-order valence-corrected chi connectivity index (χ2v) is 14.9. The van der Waals surface area contributed by atoms with Crippen molar-refractivity contribution in [2.75, 3.05) is 0 Å². The minimum absolute atomic E-state index is 0.180. The SMILES string of the molecule is CC1(C)c2ccc3cc2c2c1cc1ccccc1c2c1nc(c2cccc(c2)c2cccc3c2)c2ccc3sc4ccccc4c3c2n1. The third-order valence-electron chi connectivity index (χ3n) is 10.8. The van der Waals surface area contributed by atoms with Crippen molar-refractivity contribution in [2.45, 2.75) is 19.3 Å². The number of hydrogen-bond acceptors (Lipinski definition) is 3. The van der Waals surface area contributed by atoms with Crippen molar-refractivity contribution >= 4 is 107 Å². The van der Waals surface area contributed by atoms with E-state index in [0.717, 1.165) is 32.8 Å². The first kappa shape index (κ1) is 26.4. The summed E-state index contributed by atoms with van der Waals surface area (Å²) >= 11 is 1.84. The quantitative estimate of drug-likeness (QED) is 0.167. The molecular formula is C45H28N2S. The van der Waals surface area contributed by atoms with Gasteiger partial charge in [-0.05, 0) is 96.7 Å². The van der Waals surface area contributed by atoms with Gasteiger partial charge in [-0.1, -0.05) is 105 Å². The molecule has 1 aliphatic rings. The third-order valence-corrected chi connectivity index (χ3v) is 11.9. The topological polar surface area (TPSA) is 25.8 Å². The number of rotatable bonds is 0. The Kier molecular flexibility index (Phi) is 5.09. The van der Waals surface area contributed by atoms with Crippen LogP contribution in [0.2, 0.25) is 0 Å². The van der Waals surface area contributed by atoms with Crippen LogP contribution in [-0.2, 0) is 5.41 Å². The summed E-state index contributed by atoms with van der Waals surface area (Å²) in [5, 5.41) is 15.5. The molecule has 0 atom stereocenters. The first-order valence-electron chi connectivity index (χ1n) is 16.6. The zero-order valence-electron chi connectivity index (χ0n) is 26.5. The van der Waals surface area contributed by atoms with Gasteiger partial charge in [-0.3, -0.25) is 0 Å². The molecule has 0 unspecified atom stereocenters. The molecule has 7 aromatic carbocycles. The molecule has 3 aromatic heterocycles. The average Bonchev–Trinajstić information content (AvgIpc) is 3.62. The smallest absolute Gasteiger partial charge is 0.161 e. The number of aromatic nitrogens is 2. The van der Waals surface area contributed by atoms with Crippen LogP contribution >= 0.6 is 11.3 Å². The Labute approximate surface area is 280 Å². The maximum Gasteiger partial charge on any atom is 0.161 e. The summed E-state index contributed by atoms with van der Waals surface area (Å²) < 4.78 is 2.53. The highest BCUT2D eigenvalue weighted by molar-refractivity contribution is 7.26. The first-order chi connectivity index (χ1) is 23.5. The Morgan fingerprint density at radius 3 is 1.92 bits per heavy atom. The number of benzene rings is 7. The third kappa shape index (κ3) is 3.46. The van der Waals surface area contributed by atoms with E-state index in [9.17, 15) is 0 Å². The second-order valence-electron chi connectivity index (χ2n) is 13.8. The number of hydrogen-bond donors (Lipinski definition) is 0. The van der Waals surface area contributed by atoms with E-state index in [-0.39, 0.29) is 5.41 Å². The maximum absolute atomic E-state index is 5.63. The van der Waals surface area contributed by atoms with Gasteiger partial charge in [0, 0.05) is 41.7 Å². The van der Waals surface area contributed by atoms with Crippen LogP contribution in [0.25, 0.3) is 96.1 Å². The Balaban J connectivity index is 1.53. The zero-order chi connectivity index (χ0) is 31.7. The molecule has 0 radical (unpaired) electrons. The van der Waals surface area contributed by atoms with Gasteiger partial charge in [0.25, 0.3) is 0 Å². The molecule has 3 heteroatoms. The van der Waals surface area contributed by atoms with E-state index < -0.39 is 0 Å². The molecule has 2 nitrogen and oxygen atoms in total. The van der Waals surface area contributed by atoms with Gasteiger partial charge in [-0.2, -0.15) is 0 Å². The lowest BCUT2D eigenvalue weighted by atomic mass is 9.81. The summed E-state index contributed by atoms with van der Waals surface area (Å²) in [5.41, 5.74) is 5.26. The van der Waals surface area contributed by atoms with Crippen molar-refractivity contribution < 1.29 is 0 Å². The average molecular weight is 629 g/mol. The van der Waals surface area contributed by atoms with Crippen molar-refractivity contribution in [2.24, 2.45) is 0 Å². The van der Waals surface area contributed by atoms with Crippen LogP contribution in [0.1, 0.15) is 25.0 Å². The molecule has 0 spiro atoms. The predicted molar refractivity (Wildman–Crippen MR) is 207 cm³/mol. The predicted octanol–water partition coefficient (Wildman–Crippen LogP) is 12.7. The largest absolute Gasteiger partial charge is 0.227 e. The van der Waals surface area contributed by atoms with Crippen LogP contribution in [0.4, 0.5) is 0 Å². The highest BCUT2D eigenvalue weighted by atomic mass is 32.1. The molecule has 0 saturated heterocycles. The van der Waals surface area contributed by atoms with Gasteiger partial charge in [-0.15, -0.1) is 11.3 Å². The van der Waals surface area contributed by atoms with Crippen molar-refractivity contribution in [1.82, 2.24) is 9.97 Å². The summed E-state index contributed by atoms with van der Waals surface area (Å²) in [7, 11) is 0. The normalized spacial score (nSPS) is 13.8. The number of nitrogens with zero attached hydrogens (tertiary/aromatic N) is 2. The van der Waals surface area contributed by atoms with Crippen LogP contribution in [0.5, 0.6) is 0 Å². The standard InChI is InChI=1S/C45H28N2S/c1-45(2)35-19-17-28-23-34(35)39-36(45)24-29-9-3-4-14-31(29)41(39)44-46-42(30-13-8-12-27(22-30)25-10-7-11-26(28)21-25)33-18-20-38-40(43(33)47-44)32-15-5-6-16-37(32)48-38/h3-24H,1-2H3. The van der Waals surface area contributed by atoms with Crippen LogP contribution in [0.3, 0.4) is 0 Å². The van der Waals surface area contributed by atoms with Crippen molar-refractivity contribution in [1.29, 1.82) is 0 Å². The van der Waals surface area contributed by atoms with E-state index in [1.807, 2.05) is 11.3 Å². The lowest BCUT2D eigenvalue weighted by Gasteiger charge is -2.22. The molecule has 11 rings (SSSR count). The van der Waals surface area contributed by atoms with Crippen molar-refractivity contribution in [3.63, 3.8) is 0 Å². The molecule has 224 valence electrons. The fraction of sp³-hybridized carbons (Fsp3) is 0.0667. The molecule has 0 N–H and O–H groups in total. The van der Waals surface area contributed by atoms with E-state index in [0.29, 0.717) is 0 Å². The second kappa shape index (κ2) is 9.25. The highest BCUT2D eigenvalue weighted by Crippen LogP contribution is 2.49. The van der Waals surface area contributed by atoms with Crippen LogP contribution in [0, 0.1) is 0 Å². The maximum atomic E-state index is 5.63. The van der Waals surface area contributed by atoms with E-state index in [2.05, 4.69) is 147 Å². The lowest BCUT2D eigenvalue weighted by molar-refractivity contribution is 0.663. The van der Waals surface area contributed by atoms with E-state index in [1.165, 1.54) is 74.4 Å². The lowest BCUT2D eigenvalue weighted by Crippen LogP contribution is -2.15. The summed E-state index contributed by atoms with van der Waals surface area (Å²) in [6, 6.07) is 49.3. The monoisotopic (exact) mass is 628 g/mol. The Morgan fingerprint density at radius 2 is 1.08 bits per heavy atom. The number of fused-ring (bicyclic) bond motifs is 19. The molecule has 0 saturated carbocycles. The Morgan fingerprint density at radius 1 is 0.417 bits per heavy atom. The fourth-order valence-corrected chi connectivity index (χ4v) is 9.54. The van der Waals surface area contributed by atoms with Gasteiger partial charge in [0.05, 0.1) is 11.0 Å². The van der Waals surface area contributed by atoms with Gasteiger partial charge in [0.15, 0.2) is 5.65 Å². The van der Waals surface area contributed by atoms with Crippen molar-refractivity contribution in [3.8, 4) is 0 Å². The molecule has 10 aromatic rings. The first-order valence-corrected chi connectivity index (χ1v) is 17.4. The van der Waals surface area contributed by atoms with Gasteiger partial charge < -0.3 is 0 Å². The van der Waals surface area contributed by atoms with Crippen LogP contribution in [-0.4, -0.2) is 9.97 Å². The van der Waals surface area contributed by atoms with Gasteiger partial charge in [0.2, 0.25) is 0 Å². The van der Waals surface area contributed by atoms with Gasteiger partial charge in [0.1, 0.15) is 0 Å². The Hall–Kier alpha value is -5.64. The summed E-state index contributed by atoms with van der Waals surface area (Å²) in [6.07, 6.45) is 0. The summed E-state index contributed by atoms with van der Waals surface area (Å²) in [4.78, 5) is 11.2. The molecule has 1 aliphatic carbocycles. The molecule has 8 bridgehead atoms. The molecular weight excluding hydrogens is 601 g/mol. The van der Waals surface area contributed by atoms with Gasteiger partial charge in [-0.25, -0.2) is 9.97 Å². The van der Waals surface area contributed by atoms with E-state index in [4.69, 9.17) is 9.97 Å². The van der Waals surface area contributed by atoms with Crippen LogP contribution < -0.4 is 0 Å². The summed E-state index contributed by atoms with van der Waals surface area (Å²) in [6.45, 7) is 4.73. The number of thiophene rings is 1.